The van der Waals surface area contributed by atoms with Gasteiger partial charge in [-0.1, -0.05) is 23.4 Å². The van der Waals surface area contributed by atoms with E-state index in [4.69, 9.17) is 17.3 Å². The molecule has 0 amide bonds. The number of nitrogens with two attached hydrogens (primary N) is 1. The number of halogens is 2. The third kappa shape index (κ3) is 3.06. The summed E-state index contributed by atoms with van der Waals surface area (Å²) in [6.45, 7) is 0.520. The summed E-state index contributed by atoms with van der Waals surface area (Å²) in [5.74, 6) is 5.29. The quantitative estimate of drug-likeness (QED) is 0.687. The van der Waals surface area contributed by atoms with Crippen LogP contribution >= 0.6 is 11.6 Å². The molecule has 0 saturated heterocycles. The SMILES string of the molecule is NCCC#Cc1ccc(F)cc1Cl. The van der Waals surface area contributed by atoms with Crippen molar-refractivity contribution in [3.8, 4) is 11.8 Å². The summed E-state index contributed by atoms with van der Waals surface area (Å²) in [7, 11) is 0. The molecular weight excluding hydrogens is 189 g/mol. The van der Waals surface area contributed by atoms with Gasteiger partial charge in [-0.05, 0) is 18.2 Å². The molecule has 0 bridgehead atoms. The fourth-order valence-corrected chi connectivity index (χ4v) is 1.04. The van der Waals surface area contributed by atoms with Gasteiger partial charge in [0.25, 0.3) is 0 Å². The predicted molar refractivity (Wildman–Crippen MR) is 52.0 cm³/mol. The number of benzene rings is 1. The largest absolute Gasteiger partial charge is 0.330 e. The van der Waals surface area contributed by atoms with Crippen molar-refractivity contribution in [2.45, 2.75) is 6.42 Å². The maximum absolute atomic E-state index is 12.6. The second kappa shape index (κ2) is 4.86. The van der Waals surface area contributed by atoms with Crippen LogP contribution in [0.3, 0.4) is 0 Å². The van der Waals surface area contributed by atoms with Crippen LogP contribution in [0, 0.1) is 17.7 Å². The molecular formula is C10H9ClFN. The molecule has 3 heteroatoms. The normalized spacial score (nSPS) is 9.15. The Morgan fingerprint density at radius 1 is 1.46 bits per heavy atom. The molecule has 0 radical (unpaired) electrons. The van der Waals surface area contributed by atoms with Crippen molar-refractivity contribution in [1.29, 1.82) is 0 Å². The second-order valence-electron chi connectivity index (χ2n) is 2.46. The summed E-state index contributed by atoms with van der Waals surface area (Å²) in [6.07, 6.45) is 0.619. The highest BCUT2D eigenvalue weighted by molar-refractivity contribution is 6.31. The van der Waals surface area contributed by atoms with Crippen LogP contribution in [0.15, 0.2) is 18.2 Å². The van der Waals surface area contributed by atoms with Crippen LogP contribution in [-0.2, 0) is 0 Å². The Bertz CT molecular complexity index is 352. The number of rotatable bonds is 1. The van der Waals surface area contributed by atoms with Crippen molar-refractivity contribution in [1.82, 2.24) is 0 Å². The Morgan fingerprint density at radius 2 is 2.23 bits per heavy atom. The van der Waals surface area contributed by atoms with Gasteiger partial charge in [0.1, 0.15) is 5.82 Å². The molecule has 1 rings (SSSR count). The highest BCUT2D eigenvalue weighted by atomic mass is 35.5. The monoisotopic (exact) mass is 197 g/mol. The first kappa shape index (κ1) is 10.0. The van der Waals surface area contributed by atoms with Crippen LogP contribution in [0.2, 0.25) is 5.02 Å². The van der Waals surface area contributed by atoms with Crippen molar-refractivity contribution in [3.05, 3.63) is 34.6 Å². The van der Waals surface area contributed by atoms with Gasteiger partial charge >= 0.3 is 0 Å². The van der Waals surface area contributed by atoms with Gasteiger partial charge in [0, 0.05) is 18.5 Å². The smallest absolute Gasteiger partial charge is 0.124 e. The number of hydrogen-bond donors (Lipinski definition) is 1. The van der Waals surface area contributed by atoms with Crippen LogP contribution < -0.4 is 5.73 Å². The molecule has 0 aliphatic carbocycles. The molecule has 13 heavy (non-hydrogen) atoms. The highest BCUT2D eigenvalue weighted by Crippen LogP contribution is 2.15. The van der Waals surface area contributed by atoms with E-state index in [1.54, 1.807) is 6.07 Å². The summed E-state index contributed by atoms with van der Waals surface area (Å²) in [6, 6.07) is 4.13. The maximum Gasteiger partial charge on any atom is 0.124 e. The van der Waals surface area contributed by atoms with Gasteiger partial charge < -0.3 is 5.73 Å². The zero-order valence-electron chi connectivity index (χ0n) is 6.98. The molecule has 0 unspecified atom stereocenters. The van der Waals surface area contributed by atoms with Gasteiger partial charge in [0.2, 0.25) is 0 Å². The van der Waals surface area contributed by atoms with Crippen molar-refractivity contribution in [3.63, 3.8) is 0 Å². The Labute approximate surface area is 81.7 Å². The fourth-order valence-electron chi connectivity index (χ4n) is 0.821. The Kier molecular flexibility index (Phi) is 3.75. The van der Waals surface area contributed by atoms with E-state index in [1.165, 1.54) is 12.1 Å². The van der Waals surface area contributed by atoms with Gasteiger partial charge in [-0.15, -0.1) is 0 Å². The zero-order chi connectivity index (χ0) is 9.68. The van der Waals surface area contributed by atoms with E-state index < -0.39 is 0 Å². The second-order valence-corrected chi connectivity index (χ2v) is 2.87. The standard InChI is InChI=1S/C10H9ClFN/c11-10-7-9(12)5-4-8(10)3-1-2-6-13/h4-5,7H,2,6,13H2. The summed E-state index contributed by atoms with van der Waals surface area (Å²) in [4.78, 5) is 0. The maximum atomic E-state index is 12.6. The minimum atomic E-state index is -0.352. The van der Waals surface area contributed by atoms with Crippen molar-refractivity contribution in [2.24, 2.45) is 5.73 Å². The Morgan fingerprint density at radius 3 is 2.85 bits per heavy atom. The van der Waals surface area contributed by atoms with E-state index in [2.05, 4.69) is 11.8 Å². The molecule has 0 heterocycles. The molecule has 0 fully saturated rings. The lowest BCUT2D eigenvalue weighted by molar-refractivity contribution is 0.628. The summed E-state index contributed by atoms with van der Waals surface area (Å²) in [5, 5.41) is 0.338. The summed E-state index contributed by atoms with van der Waals surface area (Å²) >= 11 is 5.73. The molecule has 0 spiro atoms. The van der Waals surface area contributed by atoms with Crippen LogP contribution in [0.25, 0.3) is 0 Å². The van der Waals surface area contributed by atoms with Crippen LogP contribution in [0.1, 0.15) is 12.0 Å². The molecule has 2 N–H and O–H groups in total. The summed E-state index contributed by atoms with van der Waals surface area (Å²) in [5.41, 5.74) is 5.90. The first-order valence-corrected chi connectivity index (χ1v) is 4.26. The van der Waals surface area contributed by atoms with Gasteiger partial charge in [-0.2, -0.15) is 0 Å². The average molecular weight is 198 g/mol. The van der Waals surface area contributed by atoms with Crippen LogP contribution in [0.4, 0.5) is 4.39 Å². The van der Waals surface area contributed by atoms with Gasteiger partial charge in [0.05, 0.1) is 5.02 Å². The summed E-state index contributed by atoms with van der Waals surface area (Å²) < 4.78 is 12.6. The van der Waals surface area contributed by atoms with Gasteiger partial charge in [-0.3, -0.25) is 0 Å². The minimum Gasteiger partial charge on any atom is -0.330 e. The molecule has 68 valence electrons. The molecule has 1 aromatic rings. The Hall–Kier alpha value is -1.04. The first-order valence-electron chi connectivity index (χ1n) is 3.88. The Balaban J connectivity index is 2.85. The van der Waals surface area contributed by atoms with E-state index in [0.717, 1.165) is 0 Å². The van der Waals surface area contributed by atoms with Crippen LogP contribution in [0.5, 0.6) is 0 Å². The predicted octanol–water partition coefficient (Wildman–Crippen LogP) is 2.18. The molecule has 0 aliphatic heterocycles. The number of hydrogen-bond acceptors (Lipinski definition) is 1. The van der Waals surface area contributed by atoms with Crippen molar-refractivity contribution >= 4 is 11.6 Å². The van der Waals surface area contributed by atoms with E-state index in [1.807, 2.05) is 0 Å². The van der Waals surface area contributed by atoms with E-state index >= 15 is 0 Å². The lowest BCUT2D eigenvalue weighted by Crippen LogP contribution is -1.95. The fraction of sp³-hybridized carbons (Fsp3) is 0.200. The topological polar surface area (TPSA) is 26.0 Å². The molecule has 1 aromatic carbocycles. The molecule has 1 nitrogen and oxygen atoms in total. The van der Waals surface area contributed by atoms with Crippen LogP contribution in [-0.4, -0.2) is 6.54 Å². The molecule has 0 aliphatic rings. The molecule has 0 atom stereocenters. The first-order chi connectivity index (χ1) is 6.24. The average Bonchev–Trinajstić information content (AvgIpc) is 2.09. The molecule has 0 aromatic heterocycles. The van der Waals surface area contributed by atoms with Crippen molar-refractivity contribution < 1.29 is 4.39 Å². The van der Waals surface area contributed by atoms with Crippen molar-refractivity contribution in [2.75, 3.05) is 6.54 Å². The molecule has 0 saturated carbocycles. The van der Waals surface area contributed by atoms with Gasteiger partial charge in [-0.25, -0.2) is 4.39 Å². The lowest BCUT2D eigenvalue weighted by Gasteiger charge is -1.94. The zero-order valence-corrected chi connectivity index (χ0v) is 7.74. The van der Waals surface area contributed by atoms with E-state index in [0.29, 0.717) is 23.6 Å². The van der Waals surface area contributed by atoms with Gasteiger partial charge in [0.15, 0.2) is 0 Å². The third-order valence-corrected chi connectivity index (χ3v) is 1.74. The minimum absolute atomic E-state index is 0.338. The highest BCUT2D eigenvalue weighted by Gasteiger charge is 1.97. The van der Waals surface area contributed by atoms with E-state index in [9.17, 15) is 4.39 Å². The third-order valence-electron chi connectivity index (χ3n) is 1.42. The van der Waals surface area contributed by atoms with E-state index in [-0.39, 0.29) is 5.82 Å². The lowest BCUT2D eigenvalue weighted by atomic mass is 10.2.